The zero-order valence-corrected chi connectivity index (χ0v) is 12.0. The molecule has 106 valence electrons. The van der Waals surface area contributed by atoms with Crippen LogP contribution in [0.2, 0.25) is 0 Å². The van der Waals surface area contributed by atoms with E-state index in [0.717, 1.165) is 6.42 Å². The Morgan fingerprint density at radius 1 is 1.06 bits per heavy atom. The van der Waals surface area contributed by atoms with Gasteiger partial charge in [-0.3, -0.25) is 4.79 Å². The van der Waals surface area contributed by atoms with Gasteiger partial charge in [-0.1, -0.05) is 6.92 Å². The SMILES string of the molecule is CCCC(=O)OC.[Fe].[cH-]1[cH-][cH-][cH-][cH-]1.c1cc[cH-]c1. The normalized spacial score (nSPS) is 7.67. The molecular formula is C15H20FeO2-6. The van der Waals surface area contributed by atoms with Gasteiger partial charge in [0.1, 0.15) is 0 Å². The first-order valence-electron chi connectivity index (χ1n) is 5.71. The van der Waals surface area contributed by atoms with Gasteiger partial charge in [-0.05, 0) is 6.42 Å². The fourth-order valence-corrected chi connectivity index (χ4v) is 0.948. The molecule has 0 radical (unpaired) electrons. The molecule has 0 atom stereocenters. The molecule has 0 bridgehead atoms. The predicted octanol–water partition coefficient (Wildman–Crippen LogP) is 3.77. The standard InChI is InChI=1S/C5H10O2.2C5H5.Fe/c1-3-4-5(6)7-2;2*1-2-4-5-3-1;/h3-4H2,1-2H3;2*1-5H;/q;-5;-1;. The van der Waals surface area contributed by atoms with Gasteiger partial charge in [0.05, 0.1) is 7.11 Å². The summed E-state index contributed by atoms with van der Waals surface area (Å²) in [6.07, 6.45) is 1.41. The van der Waals surface area contributed by atoms with Crippen molar-refractivity contribution < 1.29 is 26.6 Å². The number of rotatable bonds is 2. The van der Waals surface area contributed by atoms with Crippen LogP contribution < -0.4 is 0 Å². The van der Waals surface area contributed by atoms with Crippen LogP contribution in [0, 0.1) is 0 Å². The summed E-state index contributed by atoms with van der Waals surface area (Å²) < 4.78 is 4.35. The fraction of sp³-hybridized carbons (Fsp3) is 0.267. The molecule has 0 spiro atoms. The number of ether oxygens (including phenoxy) is 1. The van der Waals surface area contributed by atoms with Crippen molar-refractivity contribution in [3.05, 3.63) is 60.7 Å². The number of carbonyl (C=O) groups excluding carboxylic acids is 1. The molecule has 0 aromatic heterocycles. The van der Waals surface area contributed by atoms with Crippen LogP contribution in [0.15, 0.2) is 60.7 Å². The van der Waals surface area contributed by atoms with Gasteiger partial charge in [-0.2, -0.15) is 18.2 Å². The Labute approximate surface area is 120 Å². The summed E-state index contributed by atoms with van der Waals surface area (Å²) in [4.78, 5) is 10.2. The fourth-order valence-electron chi connectivity index (χ4n) is 0.948. The molecule has 2 nitrogen and oxygen atoms in total. The second kappa shape index (κ2) is 15.7. The second-order valence-corrected chi connectivity index (χ2v) is 3.25. The van der Waals surface area contributed by atoms with Crippen LogP contribution in [0.1, 0.15) is 19.8 Å². The second-order valence-electron chi connectivity index (χ2n) is 3.25. The first-order chi connectivity index (χ1) is 8.31. The summed E-state index contributed by atoms with van der Waals surface area (Å²) in [5.74, 6) is -0.123. The van der Waals surface area contributed by atoms with Crippen molar-refractivity contribution in [1.29, 1.82) is 0 Å². The molecule has 0 aliphatic carbocycles. The van der Waals surface area contributed by atoms with Gasteiger partial charge in [0, 0.05) is 23.5 Å². The summed E-state index contributed by atoms with van der Waals surface area (Å²) in [5, 5.41) is 0. The first kappa shape index (κ1) is 19.0. The van der Waals surface area contributed by atoms with E-state index in [2.05, 4.69) is 4.74 Å². The van der Waals surface area contributed by atoms with Gasteiger partial charge in [0.2, 0.25) is 0 Å². The van der Waals surface area contributed by atoms with Crippen LogP contribution in [-0.2, 0) is 26.6 Å². The van der Waals surface area contributed by atoms with Crippen molar-refractivity contribution in [3.8, 4) is 0 Å². The van der Waals surface area contributed by atoms with Crippen molar-refractivity contribution in [2.75, 3.05) is 7.11 Å². The van der Waals surface area contributed by atoms with Gasteiger partial charge in [-0.25, -0.2) is 12.1 Å². The van der Waals surface area contributed by atoms with E-state index in [-0.39, 0.29) is 23.0 Å². The van der Waals surface area contributed by atoms with Crippen LogP contribution in [0.3, 0.4) is 0 Å². The number of hydrogen-bond donors (Lipinski definition) is 0. The summed E-state index contributed by atoms with van der Waals surface area (Å²) in [7, 11) is 1.40. The van der Waals surface area contributed by atoms with Crippen LogP contribution in [-0.4, -0.2) is 13.1 Å². The van der Waals surface area contributed by atoms with E-state index < -0.39 is 0 Å². The predicted molar refractivity (Wildman–Crippen MR) is 71.0 cm³/mol. The maximum atomic E-state index is 10.2. The molecule has 0 aliphatic heterocycles. The van der Waals surface area contributed by atoms with Crippen molar-refractivity contribution in [3.63, 3.8) is 0 Å². The Hall–Kier alpha value is -1.31. The number of hydrogen-bond acceptors (Lipinski definition) is 2. The monoisotopic (exact) mass is 288 g/mol. The third-order valence-electron chi connectivity index (χ3n) is 1.79. The molecule has 3 heteroatoms. The molecule has 18 heavy (non-hydrogen) atoms. The van der Waals surface area contributed by atoms with Crippen molar-refractivity contribution in [1.82, 2.24) is 0 Å². The van der Waals surface area contributed by atoms with Gasteiger partial charge in [0.25, 0.3) is 0 Å². The van der Waals surface area contributed by atoms with Crippen LogP contribution in [0.4, 0.5) is 0 Å². The Kier molecular flexibility index (Phi) is 16.6. The van der Waals surface area contributed by atoms with Crippen LogP contribution in [0.5, 0.6) is 0 Å². The molecule has 2 rings (SSSR count). The molecule has 0 fully saturated rings. The molecule has 2 aromatic carbocycles. The third-order valence-corrected chi connectivity index (χ3v) is 1.79. The Balaban J connectivity index is 0. The summed E-state index contributed by atoms with van der Waals surface area (Å²) >= 11 is 0. The zero-order valence-electron chi connectivity index (χ0n) is 10.9. The first-order valence-corrected chi connectivity index (χ1v) is 5.71. The van der Waals surface area contributed by atoms with Gasteiger partial charge < -0.3 is 35.1 Å². The largest absolute Gasteiger partial charge is 0.748 e. The summed E-state index contributed by atoms with van der Waals surface area (Å²) in [6, 6.07) is 20.0. The Morgan fingerprint density at radius 3 is 1.67 bits per heavy atom. The van der Waals surface area contributed by atoms with Crippen LogP contribution >= 0.6 is 0 Å². The molecule has 0 saturated heterocycles. The minimum Gasteiger partial charge on any atom is -0.748 e. The van der Waals surface area contributed by atoms with Gasteiger partial charge in [0.15, 0.2) is 0 Å². The number of carbonyl (C=O) groups is 1. The topological polar surface area (TPSA) is 26.3 Å². The quantitative estimate of drug-likeness (QED) is 0.477. The Bertz CT molecular complexity index is 265. The minimum atomic E-state index is -0.123. The number of esters is 1. The van der Waals surface area contributed by atoms with E-state index in [1.165, 1.54) is 7.11 Å². The molecule has 0 N–H and O–H groups in total. The van der Waals surface area contributed by atoms with Crippen molar-refractivity contribution in [2.45, 2.75) is 19.8 Å². The summed E-state index contributed by atoms with van der Waals surface area (Å²) in [5.41, 5.74) is 0. The van der Waals surface area contributed by atoms with E-state index in [9.17, 15) is 4.79 Å². The van der Waals surface area contributed by atoms with Gasteiger partial charge >= 0.3 is 5.97 Å². The molecule has 0 unspecified atom stereocenters. The smallest absolute Gasteiger partial charge is 0.305 e. The average molecular weight is 288 g/mol. The molecule has 0 amide bonds. The van der Waals surface area contributed by atoms with Gasteiger partial charge in [-0.15, -0.1) is 0 Å². The average Bonchev–Trinajstić information content (AvgIpc) is 3.07. The molecular weight excluding hydrogens is 268 g/mol. The van der Waals surface area contributed by atoms with Crippen molar-refractivity contribution >= 4 is 5.97 Å². The van der Waals surface area contributed by atoms with E-state index in [0.29, 0.717) is 6.42 Å². The van der Waals surface area contributed by atoms with Crippen molar-refractivity contribution in [2.24, 2.45) is 0 Å². The van der Waals surface area contributed by atoms with E-state index in [4.69, 9.17) is 0 Å². The molecule has 0 saturated carbocycles. The molecule has 0 aliphatic rings. The Morgan fingerprint density at radius 2 is 1.50 bits per heavy atom. The number of methoxy groups -OCH3 is 1. The minimum absolute atomic E-state index is 0. The summed E-state index contributed by atoms with van der Waals surface area (Å²) in [6.45, 7) is 1.94. The maximum Gasteiger partial charge on any atom is 0.305 e. The third kappa shape index (κ3) is 14.7. The molecule has 0 heterocycles. The maximum absolute atomic E-state index is 10.2. The van der Waals surface area contributed by atoms with E-state index in [1.807, 2.05) is 67.6 Å². The zero-order chi connectivity index (χ0) is 12.8. The van der Waals surface area contributed by atoms with E-state index in [1.54, 1.807) is 0 Å². The van der Waals surface area contributed by atoms with E-state index >= 15 is 0 Å². The molecule has 2 aromatic rings. The van der Waals surface area contributed by atoms with Crippen LogP contribution in [0.25, 0.3) is 0 Å².